The molecule has 1 heterocycles. The largest absolute Gasteiger partial charge is 0.496 e. The van der Waals surface area contributed by atoms with Gasteiger partial charge in [-0.3, -0.25) is 9.69 Å². The normalized spacial score (nSPS) is 16.2. The van der Waals surface area contributed by atoms with E-state index in [1.54, 1.807) is 24.3 Å². The Labute approximate surface area is 192 Å². The van der Waals surface area contributed by atoms with Gasteiger partial charge in [0.05, 0.1) is 54.3 Å². The molecule has 32 heavy (non-hydrogen) atoms. The minimum Gasteiger partial charge on any atom is -0.496 e. The number of halogens is 1. The number of carbonyl (C=O) groups is 1. The van der Waals surface area contributed by atoms with E-state index in [9.17, 15) is 4.79 Å². The molecule has 0 spiro atoms. The van der Waals surface area contributed by atoms with Crippen molar-refractivity contribution < 1.29 is 19.0 Å². The molecule has 2 aromatic carbocycles. The van der Waals surface area contributed by atoms with E-state index in [-0.39, 0.29) is 12.0 Å². The topological polar surface area (TPSA) is 110 Å². The second kappa shape index (κ2) is 11.6. The molecule has 3 N–H and O–H groups in total. The summed E-state index contributed by atoms with van der Waals surface area (Å²) in [5, 5.41) is 12.0. The van der Waals surface area contributed by atoms with Crippen LogP contribution >= 0.6 is 11.6 Å². The van der Waals surface area contributed by atoms with Crippen molar-refractivity contribution in [3.8, 4) is 17.6 Å². The van der Waals surface area contributed by atoms with E-state index >= 15 is 0 Å². The maximum Gasteiger partial charge on any atom is 0.255 e. The van der Waals surface area contributed by atoms with Crippen molar-refractivity contribution >= 4 is 23.2 Å². The predicted octanol–water partition coefficient (Wildman–Crippen LogP) is 2.70. The Hall–Kier alpha value is -2.99. The predicted molar refractivity (Wildman–Crippen MR) is 122 cm³/mol. The van der Waals surface area contributed by atoms with Crippen molar-refractivity contribution in [3.63, 3.8) is 0 Å². The fourth-order valence-electron chi connectivity index (χ4n) is 3.43. The molecule has 0 saturated carbocycles. The molecular formula is C23H27ClN4O4. The second-order valence-corrected chi connectivity index (χ2v) is 7.82. The van der Waals surface area contributed by atoms with Crippen LogP contribution in [0.1, 0.15) is 22.3 Å². The number of nitrogen functional groups attached to an aromatic ring is 1. The number of rotatable bonds is 9. The number of hydrogen-bond acceptors (Lipinski definition) is 7. The minimum absolute atomic E-state index is 0.109. The highest BCUT2D eigenvalue weighted by molar-refractivity contribution is 6.33. The first kappa shape index (κ1) is 23.7. The summed E-state index contributed by atoms with van der Waals surface area (Å²) in [5.41, 5.74) is 7.08. The van der Waals surface area contributed by atoms with E-state index in [4.69, 9.17) is 36.8 Å². The Bertz CT molecular complexity index is 962. The molecule has 1 saturated heterocycles. The van der Waals surface area contributed by atoms with Crippen LogP contribution < -0.4 is 20.5 Å². The number of ether oxygens (including phenoxy) is 3. The van der Waals surface area contributed by atoms with Gasteiger partial charge in [0.25, 0.3) is 5.91 Å². The molecule has 1 aliphatic rings. The van der Waals surface area contributed by atoms with Gasteiger partial charge in [-0.1, -0.05) is 11.6 Å². The maximum absolute atomic E-state index is 12.6. The van der Waals surface area contributed by atoms with Gasteiger partial charge >= 0.3 is 0 Å². The number of nitrogens with two attached hydrogens (primary N) is 1. The van der Waals surface area contributed by atoms with Crippen molar-refractivity contribution in [2.75, 3.05) is 52.2 Å². The Morgan fingerprint density at radius 1 is 1.38 bits per heavy atom. The summed E-state index contributed by atoms with van der Waals surface area (Å²) in [4.78, 5) is 14.9. The molecule has 9 heteroatoms. The quantitative estimate of drug-likeness (QED) is 0.439. The first-order valence-electron chi connectivity index (χ1n) is 10.4. The summed E-state index contributed by atoms with van der Waals surface area (Å²) in [6.45, 7) is 3.99. The Kier molecular flexibility index (Phi) is 8.56. The number of nitriles is 1. The lowest BCUT2D eigenvalue weighted by Crippen LogP contribution is -2.47. The van der Waals surface area contributed by atoms with Crippen LogP contribution in [0.25, 0.3) is 0 Å². The molecule has 3 rings (SSSR count). The van der Waals surface area contributed by atoms with E-state index in [0.717, 1.165) is 31.8 Å². The summed E-state index contributed by atoms with van der Waals surface area (Å²) in [6, 6.07) is 12.2. The lowest BCUT2D eigenvalue weighted by Gasteiger charge is -2.33. The smallest absolute Gasteiger partial charge is 0.255 e. The third-order valence-electron chi connectivity index (χ3n) is 5.15. The zero-order valence-corrected chi connectivity index (χ0v) is 18.7. The number of anilines is 1. The Morgan fingerprint density at radius 2 is 2.16 bits per heavy atom. The fourth-order valence-corrected chi connectivity index (χ4v) is 3.59. The van der Waals surface area contributed by atoms with Crippen molar-refractivity contribution in [1.82, 2.24) is 10.2 Å². The summed E-state index contributed by atoms with van der Waals surface area (Å²) in [5.74, 6) is 0.836. The number of morpholine rings is 1. The maximum atomic E-state index is 12.6. The van der Waals surface area contributed by atoms with Crippen LogP contribution in [-0.4, -0.2) is 63.4 Å². The number of nitrogens with zero attached hydrogens (tertiary/aromatic N) is 2. The van der Waals surface area contributed by atoms with Crippen LogP contribution in [0.3, 0.4) is 0 Å². The molecule has 1 unspecified atom stereocenters. The Balaban J connectivity index is 1.41. The number of amides is 1. The number of carbonyl (C=O) groups excluding carboxylic acids is 1. The number of hydrogen-bond donors (Lipinski definition) is 2. The van der Waals surface area contributed by atoms with E-state index < -0.39 is 0 Å². The molecule has 0 radical (unpaired) electrons. The molecule has 0 aliphatic carbocycles. The molecule has 1 fully saturated rings. The van der Waals surface area contributed by atoms with E-state index in [2.05, 4.69) is 16.3 Å². The van der Waals surface area contributed by atoms with Crippen molar-refractivity contribution in [2.45, 2.75) is 12.5 Å². The summed E-state index contributed by atoms with van der Waals surface area (Å²) in [7, 11) is 1.48. The van der Waals surface area contributed by atoms with Gasteiger partial charge in [0.15, 0.2) is 0 Å². The van der Waals surface area contributed by atoms with Crippen molar-refractivity contribution in [1.29, 1.82) is 5.26 Å². The highest BCUT2D eigenvalue weighted by Crippen LogP contribution is 2.28. The molecule has 1 aliphatic heterocycles. The van der Waals surface area contributed by atoms with E-state index in [1.165, 1.54) is 19.2 Å². The van der Waals surface area contributed by atoms with Gasteiger partial charge in [-0.25, -0.2) is 0 Å². The molecule has 2 aromatic rings. The van der Waals surface area contributed by atoms with Gasteiger partial charge in [0.2, 0.25) is 0 Å². The number of methoxy groups -OCH3 is 1. The molecule has 1 atom stereocenters. The van der Waals surface area contributed by atoms with Crippen LogP contribution in [-0.2, 0) is 4.74 Å². The lowest BCUT2D eigenvalue weighted by molar-refractivity contribution is -0.0274. The second-order valence-electron chi connectivity index (χ2n) is 7.42. The standard InChI is InChI=1S/C23H27ClN4O4/c1-30-22-12-21(26)20(24)11-19(22)23(29)27-14-18-15-28(8-10-32-18)7-2-9-31-17-5-3-16(13-25)4-6-17/h3-6,11-12,18H,2,7-10,14-15,26H2,1H3,(H,27,29). The number of benzene rings is 2. The first-order valence-corrected chi connectivity index (χ1v) is 10.8. The lowest BCUT2D eigenvalue weighted by atomic mass is 10.1. The van der Waals surface area contributed by atoms with Gasteiger partial charge in [0.1, 0.15) is 11.5 Å². The van der Waals surface area contributed by atoms with E-state index in [0.29, 0.717) is 47.3 Å². The van der Waals surface area contributed by atoms with Gasteiger partial charge in [-0.15, -0.1) is 0 Å². The first-order chi connectivity index (χ1) is 15.5. The SMILES string of the molecule is COc1cc(N)c(Cl)cc1C(=O)NCC1CN(CCCOc2ccc(C#N)cc2)CCO1. The Morgan fingerprint density at radius 3 is 2.88 bits per heavy atom. The molecule has 0 bridgehead atoms. The third-order valence-corrected chi connectivity index (χ3v) is 5.47. The average molecular weight is 459 g/mol. The molecule has 1 amide bonds. The van der Waals surface area contributed by atoms with Crippen LogP contribution in [0.4, 0.5) is 5.69 Å². The minimum atomic E-state index is -0.291. The van der Waals surface area contributed by atoms with Crippen LogP contribution in [0, 0.1) is 11.3 Å². The highest BCUT2D eigenvalue weighted by atomic mass is 35.5. The summed E-state index contributed by atoms with van der Waals surface area (Å²) >= 11 is 6.05. The monoisotopic (exact) mass is 458 g/mol. The molecule has 8 nitrogen and oxygen atoms in total. The number of nitrogens with one attached hydrogen (secondary N) is 1. The van der Waals surface area contributed by atoms with Crippen LogP contribution in [0.5, 0.6) is 11.5 Å². The van der Waals surface area contributed by atoms with Crippen LogP contribution in [0.15, 0.2) is 36.4 Å². The molecular weight excluding hydrogens is 432 g/mol. The van der Waals surface area contributed by atoms with Crippen molar-refractivity contribution in [3.05, 3.63) is 52.5 Å². The van der Waals surface area contributed by atoms with Crippen LogP contribution in [0.2, 0.25) is 5.02 Å². The van der Waals surface area contributed by atoms with Gasteiger partial charge in [-0.2, -0.15) is 5.26 Å². The van der Waals surface area contributed by atoms with Crippen molar-refractivity contribution in [2.24, 2.45) is 0 Å². The third kappa shape index (κ3) is 6.50. The van der Waals surface area contributed by atoms with Gasteiger partial charge in [-0.05, 0) is 36.8 Å². The highest BCUT2D eigenvalue weighted by Gasteiger charge is 2.22. The molecule has 170 valence electrons. The molecule has 0 aromatic heterocycles. The van der Waals surface area contributed by atoms with Gasteiger partial charge in [0, 0.05) is 32.2 Å². The zero-order chi connectivity index (χ0) is 22.9. The average Bonchev–Trinajstić information content (AvgIpc) is 2.82. The van der Waals surface area contributed by atoms with Gasteiger partial charge < -0.3 is 25.3 Å². The summed E-state index contributed by atoms with van der Waals surface area (Å²) in [6.07, 6.45) is 0.752. The zero-order valence-electron chi connectivity index (χ0n) is 18.0. The summed E-state index contributed by atoms with van der Waals surface area (Å²) < 4.78 is 16.8. The fraction of sp³-hybridized carbons (Fsp3) is 0.391. The van der Waals surface area contributed by atoms with E-state index in [1.807, 2.05) is 0 Å².